The second-order valence-corrected chi connectivity index (χ2v) is 4.70. The highest BCUT2D eigenvalue weighted by atomic mass is 16.4. The molecule has 1 N–H and O–H groups in total. The van der Waals surface area contributed by atoms with Crippen LogP contribution in [-0.4, -0.2) is 16.9 Å². The van der Waals surface area contributed by atoms with Crippen molar-refractivity contribution in [1.29, 1.82) is 0 Å². The molecule has 0 saturated carbocycles. The van der Waals surface area contributed by atoms with Gasteiger partial charge in [0.2, 0.25) is 0 Å². The first kappa shape index (κ1) is 13.4. The molecule has 0 heterocycles. The number of carbonyl (C=O) groups is 2. The highest BCUT2D eigenvalue weighted by Gasteiger charge is 2.14. The maximum atomic E-state index is 11.8. The predicted octanol–water partition coefficient (Wildman–Crippen LogP) is 3.10. The molecule has 0 aliphatic heterocycles. The Morgan fingerprint density at radius 2 is 1.65 bits per heavy atom. The van der Waals surface area contributed by atoms with Gasteiger partial charge < -0.3 is 5.11 Å². The summed E-state index contributed by atoms with van der Waals surface area (Å²) < 4.78 is 0. The maximum Gasteiger partial charge on any atom is 0.310 e. The zero-order valence-electron chi connectivity index (χ0n) is 10.4. The fraction of sp³-hybridized carbons (Fsp3) is 0.429. The number of Topliss-reactive ketones (excluding diaryl/α,β-unsaturated/α-hetero) is 1. The summed E-state index contributed by atoms with van der Waals surface area (Å²) in [4.78, 5) is 22.6. The average Bonchev–Trinajstić information content (AvgIpc) is 2.27. The third-order valence-electron chi connectivity index (χ3n) is 2.70. The molecule has 0 bridgehead atoms. The van der Waals surface area contributed by atoms with Gasteiger partial charge in [0.25, 0.3) is 0 Å². The number of hydrogen-bond acceptors (Lipinski definition) is 2. The fourth-order valence-corrected chi connectivity index (χ4v) is 1.59. The molecule has 0 radical (unpaired) electrons. The third kappa shape index (κ3) is 3.70. The predicted molar refractivity (Wildman–Crippen MR) is 66.3 cm³/mol. The molecule has 3 heteroatoms. The standard InChI is InChI=1S/C14H18O3/c1-9(2)8-13(15)12-6-4-11(5-7-12)10(3)14(16)17/h4-7,9-10H,8H2,1-3H3,(H,16,17). The lowest BCUT2D eigenvalue weighted by molar-refractivity contribution is -0.138. The number of rotatable bonds is 5. The van der Waals surface area contributed by atoms with Crippen molar-refractivity contribution in [2.45, 2.75) is 33.1 Å². The van der Waals surface area contributed by atoms with Crippen LogP contribution in [0.1, 0.15) is 49.0 Å². The highest BCUT2D eigenvalue weighted by Crippen LogP contribution is 2.17. The van der Waals surface area contributed by atoms with Gasteiger partial charge in [-0.3, -0.25) is 9.59 Å². The average molecular weight is 234 g/mol. The van der Waals surface area contributed by atoms with Gasteiger partial charge in [-0.2, -0.15) is 0 Å². The van der Waals surface area contributed by atoms with Gasteiger partial charge >= 0.3 is 5.97 Å². The molecule has 0 aromatic heterocycles. The van der Waals surface area contributed by atoms with Crippen LogP contribution in [0.3, 0.4) is 0 Å². The molecule has 0 amide bonds. The zero-order chi connectivity index (χ0) is 13.0. The van der Waals surface area contributed by atoms with Crippen LogP contribution in [-0.2, 0) is 4.79 Å². The molecule has 1 aromatic rings. The van der Waals surface area contributed by atoms with Gasteiger partial charge in [0, 0.05) is 12.0 Å². The summed E-state index contributed by atoms with van der Waals surface area (Å²) in [6, 6.07) is 6.84. The summed E-state index contributed by atoms with van der Waals surface area (Å²) in [6.07, 6.45) is 0.522. The number of hydrogen-bond donors (Lipinski definition) is 1. The molecule has 1 unspecified atom stereocenters. The minimum absolute atomic E-state index is 0.106. The molecule has 0 saturated heterocycles. The van der Waals surface area contributed by atoms with Crippen LogP contribution in [0.25, 0.3) is 0 Å². The van der Waals surface area contributed by atoms with E-state index >= 15 is 0 Å². The minimum Gasteiger partial charge on any atom is -0.481 e. The second kappa shape index (κ2) is 5.62. The monoisotopic (exact) mass is 234 g/mol. The Balaban J connectivity index is 2.81. The molecular formula is C14H18O3. The number of ketones is 1. The molecule has 17 heavy (non-hydrogen) atoms. The van der Waals surface area contributed by atoms with E-state index in [0.717, 1.165) is 5.56 Å². The van der Waals surface area contributed by atoms with Gasteiger partial charge in [0.1, 0.15) is 0 Å². The first-order valence-corrected chi connectivity index (χ1v) is 5.77. The van der Waals surface area contributed by atoms with Crippen LogP contribution < -0.4 is 0 Å². The number of benzene rings is 1. The van der Waals surface area contributed by atoms with Crippen molar-refractivity contribution in [3.05, 3.63) is 35.4 Å². The molecule has 1 aromatic carbocycles. The summed E-state index contributed by atoms with van der Waals surface area (Å²) in [7, 11) is 0. The SMILES string of the molecule is CC(C)CC(=O)c1ccc(C(C)C(=O)O)cc1. The molecular weight excluding hydrogens is 216 g/mol. The van der Waals surface area contributed by atoms with E-state index in [1.165, 1.54) is 0 Å². The van der Waals surface area contributed by atoms with Crippen molar-refractivity contribution in [2.24, 2.45) is 5.92 Å². The lowest BCUT2D eigenvalue weighted by atomic mass is 9.96. The normalized spacial score (nSPS) is 12.5. The second-order valence-electron chi connectivity index (χ2n) is 4.70. The van der Waals surface area contributed by atoms with Crippen LogP contribution in [0.4, 0.5) is 0 Å². The minimum atomic E-state index is -0.855. The van der Waals surface area contributed by atoms with Crippen molar-refractivity contribution < 1.29 is 14.7 Å². The van der Waals surface area contributed by atoms with E-state index in [1.807, 2.05) is 13.8 Å². The molecule has 3 nitrogen and oxygen atoms in total. The van der Waals surface area contributed by atoms with E-state index < -0.39 is 11.9 Å². The summed E-state index contributed by atoms with van der Waals surface area (Å²) in [5, 5.41) is 8.87. The molecule has 0 spiro atoms. The molecule has 1 rings (SSSR count). The Morgan fingerprint density at radius 3 is 2.06 bits per heavy atom. The van der Waals surface area contributed by atoms with Gasteiger partial charge in [-0.1, -0.05) is 38.1 Å². The van der Waals surface area contributed by atoms with Crippen molar-refractivity contribution in [3.8, 4) is 0 Å². The van der Waals surface area contributed by atoms with Gasteiger partial charge in [-0.15, -0.1) is 0 Å². The number of aliphatic carboxylic acids is 1. The van der Waals surface area contributed by atoms with E-state index in [-0.39, 0.29) is 5.78 Å². The van der Waals surface area contributed by atoms with E-state index in [0.29, 0.717) is 17.9 Å². The van der Waals surface area contributed by atoms with E-state index in [4.69, 9.17) is 5.11 Å². The Hall–Kier alpha value is -1.64. The Kier molecular flexibility index (Phi) is 4.44. The van der Waals surface area contributed by atoms with Crippen LogP contribution >= 0.6 is 0 Å². The lowest BCUT2D eigenvalue weighted by Crippen LogP contribution is -2.08. The van der Waals surface area contributed by atoms with Gasteiger partial charge in [-0.25, -0.2) is 0 Å². The summed E-state index contributed by atoms with van der Waals surface area (Å²) in [6.45, 7) is 5.63. The molecule has 92 valence electrons. The van der Waals surface area contributed by atoms with Gasteiger partial charge in [0.15, 0.2) is 5.78 Å². The topological polar surface area (TPSA) is 54.4 Å². The smallest absolute Gasteiger partial charge is 0.310 e. The van der Waals surface area contributed by atoms with Gasteiger partial charge in [-0.05, 0) is 18.4 Å². The summed E-state index contributed by atoms with van der Waals surface area (Å²) in [5.74, 6) is -0.954. The molecule has 0 aliphatic carbocycles. The van der Waals surface area contributed by atoms with Crippen LogP contribution in [0, 0.1) is 5.92 Å². The van der Waals surface area contributed by atoms with Crippen molar-refractivity contribution in [3.63, 3.8) is 0 Å². The molecule has 0 aliphatic rings. The van der Waals surface area contributed by atoms with Gasteiger partial charge in [0.05, 0.1) is 5.92 Å². The van der Waals surface area contributed by atoms with E-state index in [2.05, 4.69) is 0 Å². The fourth-order valence-electron chi connectivity index (χ4n) is 1.59. The van der Waals surface area contributed by atoms with Crippen LogP contribution in [0.2, 0.25) is 0 Å². The third-order valence-corrected chi connectivity index (χ3v) is 2.70. The number of carbonyl (C=O) groups excluding carboxylic acids is 1. The van der Waals surface area contributed by atoms with Crippen molar-refractivity contribution in [1.82, 2.24) is 0 Å². The Morgan fingerprint density at radius 1 is 1.12 bits per heavy atom. The first-order valence-electron chi connectivity index (χ1n) is 5.77. The number of carboxylic acid groups (broad SMARTS) is 1. The Labute approximate surface area is 101 Å². The summed E-state index contributed by atoms with van der Waals surface area (Å²) in [5.41, 5.74) is 1.37. The van der Waals surface area contributed by atoms with E-state index in [1.54, 1.807) is 31.2 Å². The van der Waals surface area contributed by atoms with Crippen LogP contribution in [0.15, 0.2) is 24.3 Å². The van der Waals surface area contributed by atoms with Crippen molar-refractivity contribution >= 4 is 11.8 Å². The largest absolute Gasteiger partial charge is 0.481 e. The van der Waals surface area contributed by atoms with E-state index in [9.17, 15) is 9.59 Å². The molecule has 1 atom stereocenters. The quantitative estimate of drug-likeness (QED) is 0.796. The van der Waals surface area contributed by atoms with Crippen LogP contribution in [0.5, 0.6) is 0 Å². The molecule has 0 fully saturated rings. The maximum absolute atomic E-state index is 11.8. The first-order chi connectivity index (χ1) is 7.91. The lowest BCUT2D eigenvalue weighted by Gasteiger charge is -2.08. The summed E-state index contributed by atoms with van der Waals surface area (Å²) >= 11 is 0. The van der Waals surface area contributed by atoms with Crippen molar-refractivity contribution in [2.75, 3.05) is 0 Å². The Bertz CT molecular complexity index is 404. The zero-order valence-corrected chi connectivity index (χ0v) is 10.4. The highest BCUT2D eigenvalue weighted by molar-refractivity contribution is 5.96. The number of carboxylic acids is 1.